The number of nitrogens with two attached hydrogens (primary N) is 1. The number of nitrogens with one attached hydrogen (secondary N) is 3. The molecule has 3 aromatic rings. The maximum atomic E-state index is 13.0. The molecular formula is C34H38Cl2N6O7. The first-order valence-electron chi connectivity index (χ1n) is 15.4. The van der Waals surface area contributed by atoms with Crippen LogP contribution in [-0.2, 0) is 14.3 Å². The number of nitrogens with zero attached hydrogens (tertiary/aromatic N) is 2. The first-order chi connectivity index (χ1) is 23.4. The summed E-state index contributed by atoms with van der Waals surface area (Å²) in [4.78, 5) is 67.7. The molecule has 15 heteroatoms. The van der Waals surface area contributed by atoms with Crippen LogP contribution in [0.25, 0.3) is 11.1 Å². The smallest absolute Gasteiger partial charge is 0.413 e. The second-order valence-corrected chi connectivity index (χ2v) is 11.7. The van der Waals surface area contributed by atoms with Crippen LogP contribution >= 0.6 is 23.2 Å². The molecule has 0 spiro atoms. The summed E-state index contributed by atoms with van der Waals surface area (Å²) in [7, 11) is 1.38. The lowest BCUT2D eigenvalue weighted by Crippen LogP contribution is -2.50. The van der Waals surface area contributed by atoms with Gasteiger partial charge in [-0.05, 0) is 47.9 Å². The average molecular weight is 714 g/mol. The Labute approximate surface area is 293 Å². The number of amides is 4. The molecule has 0 saturated carbocycles. The van der Waals surface area contributed by atoms with Crippen molar-refractivity contribution in [2.24, 2.45) is 10.7 Å². The molecule has 3 rings (SSSR count). The number of carbonyl (C=O) groups excluding carboxylic acids is 4. The first-order valence-corrected chi connectivity index (χ1v) is 16.1. The maximum absolute atomic E-state index is 13.0. The topological polar surface area (TPSA) is 193 Å². The van der Waals surface area contributed by atoms with Gasteiger partial charge >= 0.3 is 12.1 Å². The summed E-state index contributed by atoms with van der Waals surface area (Å²) in [5, 5.41) is 16.8. The average Bonchev–Trinajstić information content (AvgIpc) is 3.06. The SMILES string of the molecule is CCCCCCOC(=O)NC(N)=Nc1cccc(C(=O)N(C)CC(=O)NC[C@H](NC(=O)c2c(Cl)cc(-c3ccccc3)cc2Cl)C(=O)O)c1. The Hall–Kier alpha value is -5.14. The number of ether oxygens (including phenoxy) is 1. The van der Waals surface area contributed by atoms with Gasteiger partial charge in [-0.25, -0.2) is 14.6 Å². The number of rotatable bonds is 15. The van der Waals surface area contributed by atoms with E-state index in [1.807, 2.05) is 30.3 Å². The molecule has 0 aliphatic carbocycles. The normalized spacial score (nSPS) is 11.6. The van der Waals surface area contributed by atoms with E-state index in [0.29, 0.717) is 5.56 Å². The fourth-order valence-electron chi connectivity index (χ4n) is 4.51. The number of hydrogen-bond donors (Lipinski definition) is 5. The summed E-state index contributed by atoms with van der Waals surface area (Å²) >= 11 is 12.7. The molecule has 0 unspecified atom stereocenters. The van der Waals surface area contributed by atoms with Gasteiger partial charge in [0.1, 0.15) is 6.04 Å². The molecule has 0 radical (unpaired) electrons. The van der Waals surface area contributed by atoms with E-state index in [2.05, 4.69) is 27.9 Å². The second-order valence-electron chi connectivity index (χ2n) is 10.9. The van der Waals surface area contributed by atoms with Gasteiger partial charge in [-0.15, -0.1) is 0 Å². The predicted molar refractivity (Wildman–Crippen MR) is 187 cm³/mol. The van der Waals surface area contributed by atoms with E-state index in [4.69, 9.17) is 33.7 Å². The van der Waals surface area contributed by atoms with Crippen LogP contribution in [0.2, 0.25) is 10.0 Å². The molecule has 49 heavy (non-hydrogen) atoms. The third-order valence-electron chi connectivity index (χ3n) is 7.01. The number of carboxylic acid groups (broad SMARTS) is 1. The summed E-state index contributed by atoms with van der Waals surface area (Å²) in [6.07, 6.45) is 3.05. The van der Waals surface area contributed by atoms with Crippen molar-refractivity contribution in [1.29, 1.82) is 0 Å². The van der Waals surface area contributed by atoms with Crippen LogP contribution in [0, 0.1) is 0 Å². The van der Waals surface area contributed by atoms with Crippen molar-refractivity contribution in [1.82, 2.24) is 20.9 Å². The number of alkyl carbamates (subject to hydrolysis) is 1. The van der Waals surface area contributed by atoms with Gasteiger partial charge in [-0.1, -0.05) is 85.8 Å². The highest BCUT2D eigenvalue weighted by Crippen LogP contribution is 2.32. The number of aliphatic carboxylic acids is 1. The largest absolute Gasteiger partial charge is 0.480 e. The summed E-state index contributed by atoms with van der Waals surface area (Å²) in [6.45, 7) is 1.41. The highest BCUT2D eigenvalue weighted by atomic mass is 35.5. The number of unbranched alkanes of at least 4 members (excludes halogenated alkanes) is 3. The molecule has 3 aromatic carbocycles. The van der Waals surface area contributed by atoms with Crippen LogP contribution in [-0.4, -0.2) is 78.5 Å². The molecular weight excluding hydrogens is 675 g/mol. The Kier molecular flexibility index (Phi) is 14.9. The molecule has 260 valence electrons. The van der Waals surface area contributed by atoms with Gasteiger partial charge in [0.25, 0.3) is 11.8 Å². The van der Waals surface area contributed by atoms with Crippen LogP contribution in [0.1, 0.15) is 53.3 Å². The van der Waals surface area contributed by atoms with E-state index < -0.39 is 48.9 Å². The molecule has 0 aromatic heterocycles. The zero-order chi connectivity index (χ0) is 35.9. The van der Waals surface area contributed by atoms with Crippen LogP contribution in [0.4, 0.5) is 10.5 Å². The molecule has 4 amide bonds. The van der Waals surface area contributed by atoms with Crippen molar-refractivity contribution in [3.05, 3.63) is 87.9 Å². The predicted octanol–water partition coefficient (Wildman–Crippen LogP) is 4.98. The number of guanidine groups is 1. The van der Waals surface area contributed by atoms with E-state index >= 15 is 0 Å². The fraction of sp³-hybridized carbons (Fsp3) is 0.294. The maximum Gasteiger partial charge on any atom is 0.413 e. The number of carboxylic acids is 1. The summed E-state index contributed by atoms with van der Waals surface area (Å²) in [5.41, 5.74) is 7.60. The minimum atomic E-state index is -1.54. The van der Waals surface area contributed by atoms with Gasteiger partial charge in [0.2, 0.25) is 11.9 Å². The first kappa shape index (κ1) is 38.3. The minimum Gasteiger partial charge on any atom is -0.480 e. The Balaban J connectivity index is 1.54. The summed E-state index contributed by atoms with van der Waals surface area (Å²) < 4.78 is 5.07. The van der Waals surface area contributed by atoms with Gasteiger partial charge < -0.3 is 31.1 Å². The molecule has 1 atom stereocenters. The molecule has 0 bridgehead atoms. The molecule has 0 aliphatic rings. The van der Waals surface area contributed by atoms with E-state index in [1.54, 1.807) is 24.3 Å². The van der Waals surface area contributed by atoms with Gasteiger partial charge in [-0.3, -0.25) is 19.7 Å². The van der Waals surface area contributed by atoms with Crippen LogP contribution in [0.5, 0.6) is 0 Å². The quantitative estimate of drug-likeness (QED) is 0.0827. The zero-order valence-corrected chi connectivity index (χ0v) is 28.5. The Bertz CT molecular complexity index is 1660. The summed E-state index contributed by atoms with van der Waals surface area (Å²) in [6, 6.07) is 16.8. The minimum absolute atomic E-state index is 0.0153. The van der Waals surface area contributed by atoms with Crippen molar-refractivity contribution in [2.75, 3.05) is 26.7 Å². The molecule has 13 nitrogen and oxygen atoms in total. The van der Waals surface area contributed by atoms with Gasteiger partial charge in [-0.2, -0.15) is 0 Å². The van der Waals surface area contributed by atoms with Gasteiger partial charge in [0.15, 0.2) is 0 Å². The lowest BCUT2D eigenvalue weighted by Gasteiger charge is -2.19. The van der Waals surface area contributed by atoms with E-state index in [0.717, 1.165) is 36.1 Å². The molecule has 0 heterocycles. The van der Waals surface area contributed by atoms with Crippen LogP contribution in [0.15, 0.2) is 71.7 Å². The highest BCUT2D eigenvalue weighted by molar-refractivity contribution is 6.40. The number of likely N-dealkylation sites (N-methyl/N-ethyl adjacent to an activating group) is 1. The Morgan fingerprint density at radius 2 is 1.63 bits per heavy atom. The van der Waals surface area contributed by atoms with E-state index in [1.165, 1.54) is 19.2 Å². The van der Waals surface area contributed by atoms with Crippen LogP contribution < -0.4 is 21.7 Å². The van der Waals surface area contributed by atoms with Crippen molar-refractivity contribution in [3.63, 3.8) is 0 Å². The Morgan fingerprint density at radius 1 is 0.939 bits per heavy atom. The zero-order valence-electron chi connectivity index (χ0n) is 27.0. The number of halogens is 2. The number of aliphatic imine (C=N–C) groups is 1. The van der Waals surface area contributed by atoms with E-state index in [9.17, 15) is 29.1 Å². The third-order valence-corrected chi connectivity index (χ3v) is 7.61. The van der Waals surface area contributed by atoms with Gasteiger partial charge in [0.05, 0.1) is 34.4 Å². The van der Waals surface area contributed by atoms with Crippen molar-refractivity contribution >= 4 is 64.6 Å². The fourth-order valence-corrected chi connectivity index (χ4v) is 5.17. The highest BCUT2D eigenvalue weighted by Gasteiger charge is 2.25. The van der Waals surface area contributed by atoms with Crippen LogP contribution in [0.3, 0.4) is 0 Å². The monoisotopic (exact) mass is 712 g/mol. The molecule has 0 fully saturated rings. The molecule has 0 saturated heterocycles. The second kappa shape index (κ2) is 19.0. The van der Waals surface area contributed by atoms with Gasteiger partial charge in [0, 0.05) is 19.2 Å². The lowest BCUT2D eigenvalue weighted by molar-refractivity contribution is -0.139. The molecule has 6 N–H and O–H groups in total. The number of benzene rings is 3. The third kappa shape index (κ3) is 12.1. The van der Waals surface area contributed by atoms with Crippen molar-refractivity contribution < 1.29 is 33.8 Å². The van der Waals surface area contributed by atoms with Crippen molar-refractivity contribution in [2.45, 2.75) is 38.6 Å². The lowest BCUT2D eigenvalue weighted by atomic mass is 10.0. The molecule has 0 aliphatic heterocycles. The Morgan fingerprint density at radius 3 is 2.29 bits per heavy atom. The number of carbonyl (C=O) groups is 5. The number of hydrogen-bond acceptors (Lipinski definition) is 7. The van der Waals surface area contributed by atoms with E-state index in [-0.39, 0.29) is 39.4 Å². The van der Waals surface area contributed by atoms with Crippen molar-refractivity contribution in [3.8, 4) is 11.1 Å². The standard InChI is InChI=1S/C34H38Cl2N6O7/c1-3-4-5-9-15-49-34(48)41-33(37)39-24-14-10-13-22(16-24)31(45)42(2)20-28(43)38-19-27(32(46)47)40-30(44)29-25(35)17-23(18-26(29)36)21-11-7-6-8-12-21/h6-8,10-14,16-18,27H,3-5,9,15,19-20H2,1-2H3,(H,38,43)(H,40,44)(H,46,47)(H3,37,39,41,48)/t27-/m0/s1. The summed E-state index contributed by atoms with van der Waals surface area (Å²) in [5.74, 6) is -3.73.